The number of nitrogens with one attached hydrogen (secondary N) is 2. The van der Waals surface area contributed by atoms with E-state index in [4.69, 9.17) is 0 Å². The first-order valence-corrected chi connectivity index (χ1v) is 7.37. The molecule has 0 saturated carbocycles. The summed E-state index contributed by atoms with van der Waals surface area (Å²) in [6, 6.07) is 8.07. The third-order valence-electron chi connectivity index (χ3n) is 2.66. The van der Waals surface area contributed by atoms with E-state index < -0.39 is 21.9 Å². The van der Waals surface area contributed by atoms with Gasteiger partial charge < -0.3 is 5.32 Å². The highest BCUT2D eigenvalue weighted by Gasteiger charge is 2.13. The molecule has 2 aromatic rings. The number of sulfonamides is 1. The number of hydrogen-bond acceptors (Lipinski definition) is 4. The third-order valence-corrected chi connectivity index (χ3v) is 4.07. The number of carbonyl (C=O) groups excluding carboxylic acids is 1. The largest absolute Gasteiger partial charge is 0.322 e. The third kappa shape index (κ3) is 3.61. The Kier molecular flexibility index (Phi) is 4.29. The van der Waals surface area contributed by atoms with Crippen molar-refractivity contribution in [3.05, 3.63) is 54.1 Å². The molecular formula is C13H12FN3O3S. The molecule has 0 bridgehead atoms. The van der Waals surface area contributed by atoms with Gasteiger partial charge in [0.15, 0.2) is 0 Å². The van der Waals surface area contributed by atoms with Crippen LogP contribution in [0.15, 0.2) is 47.5 Å². The van der Waals surface area contributed by atoms with Crippen molar-refractivity contribution in [3.8, 4) is 0 Å². The van der Waals surface area contributed by atoms with Crippen molar-refractivity contribution in [3.63, 3.8) is 0 Å². The van der Waals surface area contributed by atoms with E-state index >= 15 is 0 Å². The molecule has 0 aliphatic carbocycles. The van der Waals surface area contributed by atoms with Gasteiger partial charge in [-0.1, -0.05) is 6.07 Å². The molecule has 1 amide bonds. The molecule has 1 aromatic heterocycles. The van der Waals surface area contributed by atoms with Crippen LogP contribution in [-0.4, -0.2) is 26.4 Å². The van der Waals surface area contributed by atoms with Crippen LogP contribution >= 0.6 is 0 Å². The number of pyridine rings is 1. The molecule has 0 spiro atoms. The molecule has 0 unspecified atom stereocenters. The van der Waals surface area contributed by atoms with Gasteiger partial charge in [0, 0.05) is 23.5 Å². The minimum atomic E-state index is -3.60. The van der Waals surface area contributed by atoms with E-state index in [-0.39, 0.29) is 16.1 Å². The van der Waals surface area contributed by atoms with Gasteiger partial charge in [-0.3, -0.25) is 4.79 Å². The molecular weight excluding hydrogens is 297 g/mol. The lowest BCUT2D eigenvalue weighted by Crippen LogP contribution is -2.19. The Balaban J connectivity index is 2.24. The Bertz CT molecular complexity index is 778. The van der Waals surface area contributed by atoms with Gasteiger partial charge in [-0.05, 0) is 31.3 Å². The van der Waals surface area contributed by atoms with Crippen LogP contribution in [0.25, 0.3) is 0 Å². The molecule has 2 N–H and O–H groups in total. The number of hydrogen-bond donors (Lipinski definition) is 2. The van der Waals surface area contributed by atoms with Crippen LogP contribution < -0.4 is 10.0 Å². The summed E-state index contributed by atoms with van der Waals surface area (Å²) >= 11 is 0. The van der Waals surface area contributed by atoms with E-state index in [1.807, 2.05) is 0 Å². The first-order chi connectivity index (χ1) is 9.92. The molecule has 0 atom stereocenters. The van der Waals surface area contributed by atoms with E-state index in [1.54, 1.807) is 0 Å². The van der Waals surface area contributed by atoms with E-state index in [1.165, 1.54) is 43.6 Å². The monoisotopic (exact) mass is 309 g/mol. The van der Waals surface area contributed by atoms with Crippen LogP contribution in [0.1, 0.15) is 10.4 Å². The molecule has 21 heavy (non-hydrogen) atoms. The first kappa shape index (κ1) is 15.1. The Morgan fingerprint density at radius 2 is 2.00 bits per heavy atom. The highest BCUT2D eigenvalue weighted by Crippen LogP contribution is 2.16. The molecule has 0 saturated heterocycles. The SMILES string of the molecule is CNS(=O)(=O)c1cccc(NC(=O)c2ccnc(F)c2)c1. The fourth-order valence-corrected chi connectivity index (χ4v) is 2.38. The average molecular weight is 309 g/mol. The number of rotatable bonds is 4. The van der Waals surface area contributed by atoms with Crippen molar-refractivity contribution in [1.29, 1.82) is 0 Å². The minimum absolute atomic E-state index is 0.0173. The lowest BCUT2D eigenvalue weighted by molar-refractivity contribution is 0.102. The zero-order valence-electron chi connectivity index (χ0n) is 11.0. The van der Waals surface area contributed by atoms with Gasteiger partial charge in [0.1, 0.15) is 0 Å². The number of carbonyl (C=O) groups is 1. The van der Waals surface area contributed by atoms with Crippen molar-refractivity contribution in [2.45, 2.75) is 4.90 Å². The van der Waals surface area contributed by atoms with Crippen LogP contribution in [0.2, 0.25) is 0 Å². The lowest BCUT2D eigenvalue weighted by atomic mass is 10.2. The molecule has 6 nitrogen and oxygen atoms in total. The number of halogens is 1. The van der Waals surface area contributed by atoms with Gasteiger partial charge in [0.05, 0.1) is 4.90 Å². The zero-order valence-corrected chi connectivity index (χ0v) is 11.8. The highest BCUT2D eigenvalue weighted by molar-refractivity contribution is 7.89. The first-order valence-electron chi connectivity index (χ1n) is 5.89. The Morgan fingerprint density at radius 3 is 2.67 bits per heavy atom. The molecule has 110 valence electrons. The normalized spacial score (nSPS) is 11.1. The maximum absolute atomic E-state index is 13.0. The number of benzene rings is 1. The van der Waals surface area contributed by atoms with Gasteiger partial charge in [-0.15, -0.1) is 0 Å². The minimum Gasteiger partial charge on any atom is -0.322 e. The Hall–Kier alpha value is -2.32. The topological polar surface area (TPSA) is 88.2 Å². The molecule has 8 heteroatoms. The summed E-state index contributed by atoms with van der Waals surface area (Å²) < 4.78 is 38.5. The summed E-state index contributed by atoms with van der Waals surface area (Å²) in [5.41, 5.74) is 0.373. The van der Waals surface area contributed by atoms with Crippen molar-refractivity contribution in [1.82, 2.24) is 9.71 Å². The predicted molar refractivity (Wildman–Crippen MR) is 74.8 cm³/mol. The number of nitrogens with zero attached hydrogens (tertiary/aromatic N) is 1. The second-order valence-electron chi connectivity index (χ2n) is 4.06. The van der Waals surface area contributed by atoms with Crippen LogP contribution in [0, 0.1) is 5.95 Å². The summed E-state index contributed by atoms with van der Waals surface area (Å²) in [4.78, 5) is 15.3. The second kappa shape index (κ2) is 5.98. The van der Waals surface area contributed by atoms with Gasteiger partial charge in [-0.2, -0.15) is 4.39 Å². The lowest BCUT2D eigenvalue weighted by Gasteiger charge is -2.07. The Morgan fingerprint density at radius 1 is 1.24 bits per heavy atom. The summed E-state index contributed by atoms with van der Waals surface area (Å²) in [6.45, 7) is 0. The summed E-state index contributed by atoms with van der Waals surface area (Å²) in [5.74, 6) is -1.33. The van der Waals surface area contributed by atoms with Crippen molar-refractivity contribution in [2.24, 2.45) is 0 Å². The van der Waals surface area contributed by atoms with Gasteiger partial charge in [0.2, 0.25) is 16.0 Å². The number of amides is 1. The Labute approximate surface area is 121 Å². The molecule has 0 aliphatic heterocycles. The molecule has 0 fully saturated rings. The van der Waals surface area contributed by atoms with Crippen molar-refractivity contribution in [2.75, 3.05) is 12.4 Å². The van der Waals surface area contributed by atoms with E-state index in [0.717, 1.165) is 6.07 Å². The maximum Gasteiger partial charge on any atom is 0.255 e. The number of aromatic nitrogens is 1. The quantitative estimate of drug-likeness (QED) is 0.835. The van der Waals surface area contributed by atoms with Gasteiger partial charge in [0.25, 0.3) is 5.91 Å². The zero-order chi connectivity index (χ0) is 15.5. The van der Waals surface area contributed by atoms with Gasteiger partial charge in [-0.25, -0.2) is 18.1 Å². The average Bonchev–Trinajstić information content (AvgIpc) is 2.47. The van der Waals surface area contributed by atoms with Crippen molar-refractivity contribution >= 4 is 21.6 Å². The summed E-state index contributed by atoms with van der Waals surface area (Å²) in [5, 5.41) is 2.50. The van der Waals surface area contributed by atoms with Crippen LogP contribution in [0.3, 0.4) is 0 Å². The molecule has 0 aliphatic rings. The molecule has 2 rings (SSSR count). The standard InChI is InChI=1S/C13H12FN3O3S/c1-15-21(19,20)11-4-2-3-10(8-11)17-13(18)9-5-6-16-12(14)7-9/h2-8,15H,1H3,(H,17,18). The number of anilines is 1. The van der Waals surface area contributed by atoms with Gasteiger partial charge >= 0.3 is 0 Å². The molecule has 0 radical (unpaired) electrons. The second-order valence-corrected chi connectivity index (χ2v) is 5.94. The van der Waals surface area contributed by atoms with E-state index in [2.05, 4.69) is 15.0 Å². The predicted octanol–water partition coefficient (Wildman–Crippen LogP) is 1.38. The van der Waals surface area contributed by atoms with E-state index in [9.17, 15) is 17.6 Å². The fraction of sp³-hybridized carbons (Fsp3) is 0.0769. The highest BCUT2D eigenvalue weighted by atomic mass is 32.2. The summed E-state index contributed by atoms with van der Waals surface area (Å²) in [7, 11) is -2.31. The summed E-state index contributed by atoms with van der Waals surface area (Å²) in [6.07, 6.45) is 1.17. The van der Waals surface area contributed by atoms with Crippen LogP contribution in [0.5, 0.6) is 0 Å². The molecule has 1 aromatic carbocycles. The maximum atomic E-state index is 13.0. The fourth-order valence-electron chi connectivity index (χ4n) is 1.61. The van der Waals surface area contributed by atoms with Crippen LogP contribution in [0.4, 0.5) is 10.1 Å². The molecule has 1 heterocycles. The van der Waals surface area contributed by atoms with E-state index in [0.29, 0.717) is 0 Å². The van der Waals surface area contributed by atoms with Crippen molar-refractivity contribution < 1.29 is 17.6 Å². The van der Waals surface area contributed by atoms with Crippen LogP contribution in [-0.2, 0) is 10.0 Å². The smallest absolute Gasteiger partial charge is 0.255 e.